The van der Waals surface area contributed by atoms with Crippen LogP contribution in [0.15, 0.2) is 16.7 Å². The first kappa shape index (κ1) is 12.5. The summed E-state index contributed by atoms with van der Waals surface area (Å²) in [6.45, 7) is 6.03. The molecule has 1 aromatic heterocycles. The van der Waals surface area contributed by atoms with E-state index in [1.807, 2.05) is 6.92 Å². The third-order valence-electron chi connectivity index (χ3n) is 2.28. The van der Waals surface area contributed by atoms with Crippen LogP contribution in [0.25, 0.3) is 0 Å². The summed E-state index contributed by atoms with van der Waals surface area (Å²) in [5.41, 5.74) is 0.600. The number of carbonyl (C=O) groups excluding carboxylic acids is 1. The Bertz CT molecular complexity index is 333. The number of carbonyl (C=O) groups is 1. The number of rotatable bonds is 4. The van der Waals surface area contributed by atoms with Crippen LogP contribution in [0, 0.1) is 12.8 Å². The van der Waals surface area contributed by atoms with Crippen LogP contribution in [-0.2, 0) is 0 Å². The summed E-state index contributed by atoms with van der Waals surface area (Å²) in [6, 6.07) is 1.97. The highest BCUT2D eigenvalue weighted by molar-refractivity contribution is 14.1. The first-order chi connectivity index (χ1) is 7.04. The van der Waals surface area contributed by atoms with Crippen LogP contribution in [0.1, 0.15) is 30.0 Å². The second kappa shape index (κ2) is 5.53. The third-order valence-corrected chi connectivity index (χ3v) is 3.23. The topological polar surface area (TPSA) is 42.2 Å². The molecule has 0 saturated heterocycles. The van der Waals surface area contributed by atoms with Crippen LogP contribution >= 0.6 is 22.6 Å². The average Bonchev–Trinajstić information content (AvgIpc) is 2.60. The summed E-state index contributed by atoms with van der Waals surface area (Å²) in [7, 11) is 0. The van der Waals surface area contributed by atoms with Crippen molar-refractivity contribution in [3.05, 3.63) is 23.7 Å². The number of nitrogens with one attached hydrogen (secondary N) is 1. The molecule has 0 aliphatic heterocycles. The minimum absolute atomic E-state index is 0.0535. The quantitative estimate of drug-likeness (QED) is 0.684. The predicted molar refractivity (Wildman–Crippen MR) is 68.4 cm³/mol. The van der Waals surface area contributed by atoms with E-state index in [2.05, 4.69) is 41.8 Å². The maximum Gasteiger partial charge on any atom is 0.254 e. The van der Waals surface area contributed by atoms with Gasteiger partial charge in [0.2, 0.25) is 0 Å². The smallest absolute Gasteiger partial charge is 0.254 e. The first-order valence-corrected chi connectivity index (χ1v) is 6.49. The molecule has 0 spiro atoms. The number of hydrogen-bond donors (Lipinski definition) is 1. The van der Waals surface area contributed by atoms with Crippen molar-refractivity contribution >= 4 is 28.5 Å². The Kier molecular flexibility index (Phi) is 4.63. The van der Waals surface area contributed by atoms with Gasteiger partial charge < -0.3 is 9.73 Å². The molecule has 84 valence electrons. The van der Waals surface area contributed by atoms with E-state index in [9.17, 15) is 4.79 Å². The number of alkyl halides is 1. The molecule has 3 nitrogen and oxygen atoms in total. The van der Waals surface area contributed by atoms with Crippen molar-refractivity contribution in [2.75, 3.05) is 4.43 Å². The van der Waals surface area contributed by atoms with E-state index in [0.717, 1.165) is 10.2 Å². The number of halogens is 1. The lowest BCUT2D eigenvalue weighted by Gasteiger charge is -2.19. The third kappa shape index (κ3) is 3.52. The van der Waals surface area contributed by atoms with Gasteiger partial charge in [0.25, 0.3) is 5.91 Å². The normalized spacial score (nSPS) is 12.9. The SMILES string of the molecule is Cc1cc(C(=O)NC(CI)C(C)C)co1. The van der Waals surface area contributed by atoms with Gasteiger partial charge in [-0.2, -0.15) is 0 Å². The lowest BCUT2D eigenvalue weighted by atomic mass is 10.1. The van der Waals surface area contributed by atoms with Crippen LogP contribution in [0.4, 0.5) is 0 Å². The molecule has 1 amide bonds. The lowest BCUT2D eigenvalue weighted by molar-refractivity contribution is 0.0931. The molecular formula is C11H16INO2. The molecule has 1 N–H and O–H groups in total. The monoisotopic (exact) mass is 321 g/mol. The highest BCUT2D eigenvalue weighted by Crippen LogP contribution is 2.09. The number of amides is 1. The Hall–Kier alpha value is -0.520. The highest BCUT2D eigenvalue weighted by Gasteiger charge is 2.16. The Morgan fingerprint density at radius 2 is 2.27 bits per heavy atom. The number of furan rings is 1. The summed E-state index contributed by atoms with van der Waals surface area (Å²) >= 11 is 2.28. The van der Waals surface area contributed by atoms with Crippen LogP contribution in [0.3, 0.4) is 0 Å². The van der Waals surface area contributed by atoms with E-state index < -0.39 is 0 Å². The summed E-state index contributed by atoms with van der Waals surface area (Å²) in [4.78, 5) is 11.8. The van der Waals surface area contributed by atoms with Gasteiger partial charge in [-0.15, -0.1) is 0 Å². The molecule has 0 fully saturated rings. The summed E-state index contributed by atoms with van der Waals surface area (Å²) in [5.74, 6) is 1.15. The molecule has 0 saturated carbocycles. The lowest BCUT2D eigenvalue weighted by Crippen LogP contribution is -2.39. The molecule has 0 aliphatic rings. The van der Waals surface area contributed by atoms with Crippen molar-refractivity contribution < 1.29 is 9.21 Å². The van der Waals surface area contributed by atoms with E-state index in [1.165, 1.54) is 6.26 Å². The second-order valence-electron chi connectivity index (χ2n) is 3.92. The van der Waals surface area contributed by atoms with Gasteiger partial charge >= 0.3 is 0 Å². The van der Waals surface area contributed by atoms with Crippen LogP contribution in [0.5, 0.6) is 0 Å². The van der Waals surface area contributed by atoms with Gasteiger partial charge in [-0.1, -0.05) is 36.4 Å². The summed E-state index contributed by atoms with van der Waals surface area (Å²) in [6.07, 6.45) is 1.50. The molecule has 0 radical (unpaired) electrons. The van der Waals surface area contributed by atoms with E-state index in [-0.39, 0.29) is 11.9 Å². The van der Waals surface area contributed by atoms with E-state index in [4.69, 9.17) is 4.42 Å². The molecule has 15 heavy (non-hydrogen) atoms. The first-order valence-electron chi connectivity index (χ1n) is 4.96. The highest BCUT2D eigenvalue weighted by atomic mass is 127. The van der Waals surface area contributed by atoms with Crippen molar-refractivity contribution in [2.24, 2.45) is 5.92 Å². The Morgan fingerprint density at radius 3 is 2.67 bits per heavy atom. The fraction of sp³-hybridized carbons (Fsp3) is 0.545. The Morgan fingerprint density at radius 1 is 1.60 bits per heavy atom. The number of hydrogen-bond acceptors (Lipinski definition) is 2. The van der Waals surface area contributed by atoms with Crippen LogP contribution in [-0.4, -0.2) is 16.4 Å². The van der Waals surface area contributed by atoms with Gasteiger partial charge in [0.1, 0.15) is 12.0 Å². The predicted octanol–water partition coefficient (Wildman–Crippen LogP) is 2.78. The van der Waals surface area contributed by atoms with Gasteiger partial charge in [0, 0.05) is 10.5 Å². The van der Waals surface area contributed by atoms with Gasteiger partial charge in [-0.25, -0.2) is 0 Å². The van der Waals surface area contributed by atoms with Crippen LogP contribution < -0.4 is 5.32 Å². The molecule has 0 aliphatic carbocycles. The van der Waals surface area contributed by atoms with Gasteiger partial charge in [0.05, 0.1) is 5.56 Å². The Labute approximate surface area is 104 Å². The van der Waals surface area contributed by atoms with E-state index in [1.54, 1.807) is 6.07 Å². The fourth-order valence-electron chi connectivity index (χ4n) is 1.20. The molecule has 1 rings (SSSR count). The molecule has 1 heterocycles. The molecule has 0 aromatic carbocycles. The summed E-state index contributed by atoms with van der Waals surface area (Å²) < 4.78 is 6.01. The molecular weight excluding hydrogens is 305 g/mol. The second-order valence-corrected chi connectivity index (χ2v) is 4.81. The molecule has 1 atom stereocenters. The largest absolute Gasteiger partial charge is 0.469 e. The maximum atomic E-state index is 11.8. The maximum absolute atomic E-state index is 11.8. The van der Waals surface area contributed by atoms with Crippen molar-refractivity contribution in [1.29, 1.82) is 0 Å². The van der Waals surface area contributed by atoms with E-state index in [0.29, 0.717) is 11.5 Å². The van der Waals surface area contributed by atoms with Gasteiger partial charge in [-0.05, 0) is 18.9 Å². The van der Waals surface area contributed by atoms with Crippen molar-refractivity contribution in [1.82, 2.24) is 5.32 Å². The molecule has 4 heteroatoms. The van der Waals surface area contributed by atoms with Crippen LogP contribution in [0.2, 0.25) is 0 Å². The zero-order chi connectivity index (χ0) is 11.4. The average molecular weight is 321 g/mol. The molecule has 1 aromatic rings. The van der Waals surface area contributed by atoms with Crippen molar-refractivity contribution in [3.63, 3.8) is 0 Å². The van der Waals surface area contributed by atoms with Crippen molar-refractivity contribution in [3.8, 4) is 0 Å². The molecule has 1 unspecified atom stereocenters. The summed E-state index contributed by atoms with van der Waals surface area (Å²) in [5, 5.41) is 2.99. The van der Waals surface area contributed by atoms with E-state index >= 15 is 0 Å². The Balaban J connectivity index is 2.62. The standard InChI is InChI=1S/C11H16INO2/c1-7(2)10(5-12)13-11(14)9-4-8(3)15-6-9/h4,6-7,10H,5H2,1-3H3,(H,13,14). The van der Waals surface area contributed by atoms with Crippen molar-refractivity contribution in [2.45, 2.75) is 26.8 Å². The molecule has 0 bridgehead atoms. The number of aryl methyl sites for hydroxylation is 1. The minimum Gasteiger partial charge on any atom is -0.469 e. The minimum atomic E-state index is -0.0535. The van der Waals surface area contributed by atoms with Gasteiger partial charge in [-0.3, -0.25) is 4.79 Å². The fourth-order valence-corrected chi connectivity index (χ4v) is 2.43. The zero-order valence-electron chi connectivity index (χ0n) is 9.21. The van der Waals surface area contributed by atoms with Gasteiger partial charge in [0.15, 0.2) is 0 Å². The zero-order valence-corrected chi connectivity index (χ0v) is 11.4.